The quantitative estimate of drug-likeness (QED) is 0.803. The van der Waals surface area contributed by atoms with Crippen LogP contribution >= 0.6 is 0 Å². The third-order valence-electron chi connectivity index (χ3n) is 6.10. The highest BCUT2D eigenvalue weighted by Crippen LogP contribution is 2.36. The van der Waals surface area contributed by atoms with Crippen molar-refractivity contribution in [1.29, 1.82) is 0 Å². The molecule has 3 nitrogen and oxygen atoms in total. The van der Waals surface area contributed by atoms with Crippen molar-refractivity contribution >= 4 is 0 Å². The van der Waals surface area contributed by atoms with Crippen LogP contribution < -0.4 is 0 Å². The second-order valence-corrected chi connectivity index (χ2v) is 7.73. The number of methoxy groups -OCH3 is 1. The number of piperidine rings is 1. The minimum absolute atomic E-state index is 0.470. The van der Waals surface area contributed by atoms with Crippen LogP contribution in [0, 0.1) is 11.8 Å². The molecule has 1 aromatic rings. The number of nitrogens with zero attached hydrogens (tertiary/aromatic N) is 2. The van der Waals surface area contributed by atoms with E-state index in [-0.39, 0.29) is 0 Å². The van der Waals surface area contributed by atoms with Crippen molar-refractivity contribution in [3.8, 4) is 0 Å². The lowest BCUT2D eigenvalue weighted by molar-refractivity contribution is -0.0213. The molecule has 0 radical (unpaired) electrons. The monoisotopic (exact) mass is 314 g/mol. The lowest BCUT2D eigenvalue weighted by atomic mass is 9.88. The number of benzene rings is 1. The molecule has 2 saturated heterocycles. The molecule has 0 aromatic heterocycles. The van der Waals surface area contributed by atoms with E-state index in [0.29, 0.717) is 18.1 Å². The van der Waals surface area contributed by atoms with Crippen molar-refractivity contribution in [3.05, 3.63) is 35.9 Å². The standard InChI is InChI=1S/C20H30N2O/c1-23-20-10-12-22(11-9-16-5-3-2-4-6-16)19-15-21(14-18(19)20)13-17-7-8-17/h2-6,17-20H,7-15H2,1H3/t18-,19+,20-/m0/s1. The molecule has 126 valence electrons. The number of likely N-dealkylation sites (tertiary alicyclic amines) is 2. The molecule has 0 unspecified atom stereocenters. The maximum absolute atomic E-state index is 5.83. The number of hydrogen-bond acceptors (Lipinski definition) is 3. The van der Waals surface area contributed by atoms with Crippen LogP contribution in [0.2, 0.25) is 0 Å². The lowest BCUT2D eigenvalue weighted by Crippen LogP contribution is -2.51. The van der Waals surface area contributed by atoms with Crippen molar-refractivity contribution < 1.29 is 4.74 Å². The molecule has 3 heteroatoms. The van der Waals surface area contributed by atoms with Gasteiger partial charge in [0.15, 0.2) is 0 Å². The third kappa shape index (κ3) is 3.62. The molecule has 1 aromatic carbocycles. The molecule has 1 saturated carbocycles. The number of ether oxygens (including phenoxy) is 1. The second kappa shape index (κ2) is 6.92. The van der Waals surface area contributed by atoms with E-state index in [4.69, 9.17) is 4.74 Å². The molecule has 2 heterocycles. The minimum atomic E-state index is 0.470. The Morgan fingerprint density at radius 2 is 1.91 bits per heavy atom. The van der Waals surface area contributed by atoms with E-state index in [9.17, 15) is 0 Å². The largest absolute Gasteiger partial charge is 0.381 e. The summed E-state index contributed by atoms with van der Waals surface area (Å²) in [5.41, 5.74) is 1.46. The van der Waals surface area contributed by atoms with E-state index in [1.165, 1.54) is 64.0 Å². The molecule has 23 heavy (non-hydrogen) atoms. The first-order valence-corrected chi connectivity index (χ1v) is 9.36. The van der Waals surface area contributed by atoms with Crippen LogP contribution in [-0.2, 0) is 11.2 Å². The van der Waals surface area contributed by atoms with Gasteiger partial charge in [0.2, 0.25) is 0 Å². The summed E-state index contributed by atoms with van der Waals surface area (Å²) in [5, 5.41) is 0. The zero-order valence-electron chi connectivity index (χ0n) is 14.4. The highest BCUT2D eigenvalue weighted by molar-refractivity contribution is 5.15. The lowest BCUT2D eigenvalue weighted by Gasteiger charge is -2.41. The molecular weight excluding hydrogens is 284 g/mol. The summed E-state index contributed by atoms with van der Waals surface area (Å²) < 4.78 is 5.83. The van der Waals surface area contributed by atoms with Gasteiger partial charge in [0, 0.05) is 51.8 Å². The van der Waals surface area contributed by atoms with Crippen LogP contribution in [0.15, 0.2) is 30.3 Å². The summed E-state index contributed by atoms with van der Waals surface area (Å²) in [5.74, 6) is 1.71. The van der Waals surface area contributed by atoms with Crippen LogP contribution in [-0.4, -0.2) is 61.8 Å². The average Bonchev–Trinajstić information content (AvgIpc) is 3.29. The fourth-order valence-electron chi connectivity index (χ4n) is 4.62. The van der Waals surface area contributed by atoms with Crippen LogP contribution in [0.25, 0.3) is 0 Å². The molecule has 0 N–H and O–H groups in total. The molecule has 3 aliphatic rings. The second-order valence-electron chi connectivity index (χ2n) is 7.73. The van der Waals surface area contributed by atoms with Gasteiger partial charge in [-0.15, -0.1) is 0 Å². The Morgan fingerprint density at radius 1 is 1.09 bits per heavy atom. The van der Waals surface area contributed by atoms with E-state index in [1.54, 1.807) is 0 Å². The van der Waals surface area contributed by atoms with Crippen molar-refractivity contribution in [2.75, 3.05) is 39.8 Å². The summed E-state index contributed by atoms with van der Waals surface area (Å²) in [7, 11) is 1.91. The Kier molecular flexibility index (Phi) is 4.70. The first-order chi connectivity index (χ1) is 11.3. The van der Waals surface area contributed by atoms with E-state index in [2.05, 4.69) is 40.1 Å². The molecule has 1 aliphatic carbocycles. The topological polar surface area (TPSA) is 15.7 Å². The summed E-state index contributed by atoms with van der Waals surface area (Å²) in [6.45, 7) is 6.23. The van der Waals surface area contributed by atoms with Crippen molar-refractivity contribution in [1.82, 2.24) is 9.80 Å². The zero-order valence-corrected chi connectivity index (χ0v) is 14.4. The molecular formula is C20H30N2O. The number of fused-ring (bicyclic) bond motifs is 1. The third-order valence-corrected chi connectivity index (χ3v) is 6.10. The normalized spacial score (nSPS) is 32.1. The molecule has 0 amide bonds. The Labute approximate surface area is 140 Å². The molecule has 2 aliphatic heterocycles. The van der Waals surface area contributed by atoms with Gasteiger partial charge in [0.1, 0.15) is 0 Å². The van der Waals surface area contributed by atoms with Crippen LogP contribution in [0.4, 0.5) is 0 Å². The van der Waals surface area contributed by atoms with Gasteiger partial charge >= 0.3 is 0 Å². The fraction of sp³-hybridized carbons (Fsp3) is 0.700. The molecule has 3 atom stereocenters. The number of hydrogen-bond donors (Lipinski definition) is 0. The number of rotatable bonds is 6. The van der Waals surface area contributed by atoms with Crippen molar-refractivity contribution in [3.63, 3.8) is 0 Å². The Bertz CT molecular complexity index is 502. The van der Waals surface area contributed by atoms with Gasteiger partial charge in [0.25, 0.3) is 0 Å². The van der Waals surface area contributed by atoms with Gasteiger partial charge in [-0.05, 0) is 37.2 Å². The first-order valence-electron chi connectivity index (χ1n) is 9.36. The van der Waals surface area contributed by atoms with Gasteiger partial charge in [-0.25, -0.2) is 0 Å². The Morgan fingerprint density at radius 3 is 2.65 bits per heavy atom. The van der Waals surface area contributed by atoms with Crippen molar-refractivity contribution in [2.24, 2.45) is 11.8 Å². The molecule has 3 fully saturated rings. The predicted molar refractivity (Wildman–Crippen MR) is 93.6 cm³/mol. The van der Waals surface area contributed by atoms with Gasteiger partial charge in [0.05, 0.1) is 6.10 Å². The van der Waals surface area contributed by atoms with Gasteiger partial charge in [-0.2, -0.15) is 0 Å². The summed E-state index contributed by atoms with van der Waals surface area (Å²) in [6, 6.07) is 11.6. The predicted octanol–water partition coefficient (Wildman–Crippen LogP) is 2.66. The van der Waals surface area contributed by atoms with E-state index >= 15 is 0 Å². The maximum Gasteiger partial charge on any atom is 0.0639 e. The maximum atomic E-state index is 5.83. The van der Waals surface area contributed by atoms with Gasteiger partial charge < -0.3 is 9.64 Å². The molecule has 4 rings (SSSR count). The highest BCUT2D eigenvalue weighted by atomic mass is 16.5. The molecule has 0 spiro atoms. The van der Waals surface area contributed by atoms with Gasteiger partial charge in [-0.1, -0.05) is 30.3 Å². The van der Waals surface area contributed by atoms with Crippen LogP contribution in [0.1, 0.15) is 24.8 Å². The summed E-state index contributed by atoms with van der Waals surface area (Å²) in [4.78, 5) is 5.47. The van der Waals surface area contributed by atoms with E-state index in [1.807, 2.05) is 7.11 Å². The smallest absolute Gasteiger partial charge is 0.0639 e. The zero-order chi connectivity index (χ0) is 15.6. The van der Waals surface area contributed by atoms with Crippen molar-refractivity contribution in [2.45, 2.75) is 37.8 Å². The van der Waals surface area contributed by atoms with Crippen LogP contribution in [0.3, 0.4) is 0 Å². The van der Waals surface area contributed by atoms with Crippen LogP contribution in [0.5, 0.6) is 0 Å². The fourth-order valence-corrected chi connectivity index (χ4v) is 4.62. The Balaban J connectivity index is 1.39. The Hall–Kier alpha value is -0.900. The summed E-state index contributed by atoms with van der Waals surface area (Å²) in [6.07, 6.45) is 5.75. The SMILES string of the molecule is CO[C@H]1CCN(CCc2ccccc2)[C@@H]2CN(CC3CC3)C[C@H]12. The van der Waals surface area contributed by atoms with Gasteiger partial charge in [-0.3, -0.25) is 4.90 Å². The first kappa shape index (κ1) is 15.6. The average molecular weight is 314 g/mol. The van der Waals surface area contributed by atoms with E-state index < -0.39 is 0 Å². The molecule has 0 bridgehead atoms. The summed E-state index contributed by atoms with van der Waals surface area (Å²) >= 11 is 0. The van der Waals surface area contributed by atoms with E-state index in [0.717, 1.165) is 5.92 Å². The minimum Gasteiger partial charge on any atom is -0.381 e. The highest BCUT2D eigenvalue weighted by Gasteiger charge is 2.44.